The Morgan fingerprint density at radius 1 is 0.893 bits per heavy atom. The van der Waals surface area contributed by atoms with E-state index in [1.165, 1.54) is 0 Å². The fourth-order valence-electron chi connectivity index (χ4n) is 2.81. The summed E-state index contributed by atoms with van der Waals surface area (Å²) in [4.78, 5) is 24.1. The first-order valence-corrected chi connectivity index (χ1v) is 8.82. The van der Waals surface area contributed by atoms with Crippen molar-refractivity contribution in [2.75, 3.05) is 6.79 Å². The highest BCUT2D eigenvalue weighted by molar-refractivity contribution is 5.96. The topological polar surface area (TPSA) is 89.8 Å². The van der Waals surface area contributed by atoms with Gasteiger partial charge in [-0.05, 0) is 30.3 Å². The molecule has 2 N–H and O–H groups in total. The summed E-state index contributed by atoms with van der Waals surface area (Å²) in [6.45, 7) is 0.135. The largest absolute Gasteiger partial charge is 0.461 e. The Kier molecular flexibility index (Phi) is 4.97. The predicted molar refractivity (Wildman–Crippen MR) is 101 cm³/mol. The number of nitrogens with one attached hydrogen (secondary N) is 2. The summed E-state index contributed by atoms with van der Waals surface area (Å²) in [7, 11) is 0. The molecule has 3 aromatic rings. The van der Waals surface area contributed by atoms with Gasteiger partial charge in [-0.25, -0.2) is 0 Å². The number of rotatable bonds is 5. The summed E-state index contributed by atoms with van der Waals surface area (Å²) in [5.74, 6) is 1.81. The van der Waals surface area contributed by atoms with Crippen molar-refractivity contribution in [2.45, 2.75) is 12.8 Å². The lowest BCUT2D eigenvalue weighted by Crippen LogP contribution is -2.41. The summed E-state index contributed by atoms with van der Waals surface area (Å²) >= 11 is 0. The lowest BCUT2D eigenvalue weighted by Gasteiger charge is -2.07. The Bertz CT molecular complexity index is 997. The molecule has 2 aromatic carbocycles. The van der Waals surface area contributed by atoms with Gasteiger partial charge in [-0.15, -0.1) is 0 Å². The molecule has 4 rings (SSSR count). The van der Waals surface area contributed by atoms with E-state index in [1.54, 1.807) is 18.2 Å². The number of hydrazine groups is 1. The fourth-order valence-corrected chi connectivity index (χ4v) is 2.81. The third-order valence-electron chi connectivity index (χ3n) is 4.27. The Labute approximate surface area is 161 Å². The Morgan fingerprint density at radius 2 is 1.71 bits per heavy atom. The van der Waals surface area contributed by atoms with Crippen LogP contribution in [0.15, 0.2) is 65.1 Å². The summed E-state index contributed by atoms with van der Waals surface area (Å²) in [5.41, 5.74) is 6.14. The van der Waals surface area contributed by atoms with Gasteiger partial charge >= 0.3 is 0 Å². The van der Waals surface area contributed by atoms with Crippen molar-refractivity contribution in [2.24, 2.45) is 0 Å². The molecule has 0 fully saturated rings. The molecule has 142 valence electrons. The number of fused-ring (bicyclic) bond motifs is 1. The van der Waals surface area contributed by atoms with Gasteiger partial charge in [-0.2, -0.15) is 0 Å². The van der Waals surface area contributed by atoms with Gasteiger partial charge in [0.1, 0.15) is 11.5 Å². The smallest absolute Gasteiger partial charge is 0.269 e. The molecular formula is C21H18N2O5. The van der Waals surface area contributed by atoms with E-state index < -0.39 is 5.91 Å². The average molecular weight is 378 g/mol. The monoisotopic (exact) mass is 378 g/mol. The van der Waals surface area contributed by atoms with Crippen LogP contribution in [-0.4, -0.2) is 18.6 Å². The van der Waals surface area contributed by atoms with Crippen molar-refractivity contribution in [3.05, 3.63) is 72.0 Å². The first-order chi connectivity index (χ1) is 13.7. The molecule has 0 unspecified atom stereocenters. The molecule has 0 radical (unpaired) electrons. The Morgan fingerprint density at radius 3 is 2.57 bits per heavy atom. The summed E-state index contributed by atoms with van der Waals surface area (Å²) in [6.07, 6.45) is 0.613. The molecule has 0 saturated carbocycles. The van der Waals surface area contributed by atoms with Crippen LogP contribution in [0.3, 0.4) is 0 Å². The second-order valence-electron chi connectivity index (χ2n) is 6.20. The molecule has 1 aromatic heterocycles. The zero-order chi connectivity index (χ0) is 19.3. The second kappa shape index (κ2) is 7.87. The predicted octanol–water partition coefficient (Wildman–Crippen LogP) is 3.07. The highest BCUT2D eigenvalue weighted by Crippen LogP contribution is 2.32. The van der Waals surface area contributed by atoms with E-state index in [1.807, 2.05) is 42.5 Å². The molecule has 1 aliphatic rings. The SMILES string of the molecule is O=C(CCc1ccc(-c2ccccc2)o1)NNC(=O)c1ccc2c(c1)OCO2. The molecule has 7 heteroatoms. The molecular weight excluding hydrogens is 360 g/mol. The van der Waals surface area contributed by atoms with Crippen molar-refractivity contribution in [3.63, 3.8) is 0 Å². The molecule has 0 bridgehead atoms. The maximum absolute atomic E-state index is 12.1. The van der Waals surface area contributed by atoms with Crippen LogP contribution in [0, 0.1) is 0 Å². The summed E-state index contributed by atoms with van der Waals surface area (Å²) < 4.78 is 16.2. The molecule has 0 saturated heterocycles. The minimum Gasteiger partial charge on any atom is -0.461 e. The first kappa shape index (κ1) is 17.7. The number of benzene rings is 2. The van der Waals surface area contributed by atoms with Gasteiger partial charge in [-0.1, -0.05) is 30.3 Å². The van der Waals surface area contributed by atoms with Crippen molar-refractivity contribution < 1.29 is 23.5 Å². The maximum Gasteiger partial charge on any atom is 0.269 e. The van der Waals surface area contributed by atoms with Crippen molar-refractivity contribution in [3.8, 4) is 22.8 Å². The molecule has 2 heterocycles. The molecule has 28 heavy (non-hydrogen) atoms. The number of hydrogen-bond donors (Lipinski definition) is 2. The van der Waals surface area contributed by atoms with E-state index >= 15 is 0 Å². The van der Waals surface area contributed by atoms with Crippen LogP contribution in [0.2, 0.25) is 0 Å². The lowest BCUT2D eigenvalue weighted by molar-refractivity contribution is -0.121. The van der Waals surface area contributed by atoms with E-state index in [9.17, 15) is 9.59 Å². The van der Waals surface area contributed by atoms with Crippen molar-refractivity contribution in [1.82, 2.24) is 10.9 Å². The van der Waals surface area contributed by atoms with Crippen molar-refractivity contribution >= 4 is 11.8 Å². The molecule has 0 spiro atoms. The Balaban J connectivity index is 1.26. The van der Waals surface area contributed by atoms with Gasteiger partial charge in [0.25, 0.3) is 5.91 Å². The highest BCUT2D eigenvalue weighted by atomic mass is 16.7. The van der Waals surface area contributed by atoms with Crippen molar-refractivity contribution in [1.29, 1.82) is 0 Å². The molecule has 7 nitrogen and oxygen atoms in total. The van der Waals surface area contributed by atoms with Crippen LogP contribution in [-0.2, 0) is 11.2 Å². The first-order valence-electron chi connectivity index (χ1n) is 8.82. The van der Waals surface area contributed by atoms with Gasteiger partial charge in [0.2, 0.25) is 12.7 Å². The molecule has 1 aliphatic heterocycles. The van der Waals surface area contributed by atoms with Crippen LogP contribution >= 0.6 is 0 Å². The Hall–Kier alpha value is -3.74. The second-order valence-corrected chi connectivity index (χ2v) is 6.20. The summed E-state index contributed by atoms with van der Waals surface area (Å²) in [5, 5.41) is 0. The number of ether oxygens (including phenoxy) is 2. The average Bonchev–Trinajstić information content (AvgIpc) is 3.40. The van der Waals surface area contributed by atoms with Gasteiger partial charge in [0.05, 0.1) is 0 Å². The number of carbonyl (C=O) groups is 2. The normalized spacial score (nSPS) is 11.9. The van der Waals surface area contributed by atoms with Crippen LogP contribution in [0.4, 0.5) is 0 Å². The van der Waals surface area contributed by atoms with Gasteiger partial charge in [0.15, 0.2) is 11.5 Å². The number of aryl methyl sites for hydroxylation is 1. The van der Waals surface area contributed by atoms with E-state index in [0.29, 0.717) is 29.2 Å². The zero-order valence-corrected chi connectivity index (χ0v) is 14.9. The summed E-state index contributed by atoms with van der Waals surface area (Å²) in [6, 6.07) is 18.3. The number of amides is 2. The fraction of sp³-hybridized carbons (Fsp3) is 0.143. The lowest BCUT2D eigenvalue weighted by atomic mass is 10.2. The number of hydrogen-bond acceptors (Lipinski definition) is 5. The quantitative estimate of drug-likeness (QED) is 0.666. The van der Waals surface area contributed by atoms with Gasteiger partial charge in [-0.3, -0.25) is 20.4 Å². The van der Waals surface area contributed by atoms with E-state index in [4.69, 9.17) is 13.9 Å². The standard InChI is InChI=1S/C21H18N2O5/c24-20(11-8-16-7-10-17(28-16)14-4-2-1-3-5-14)22-23-21(25)15-6-9-18-19(12-15)27-13-26-18/h1-7,9-10,12H,8,11,13H2,(H,22,24)(H,23,25). The third kappa shape index (κ3) is 3.98. The third-order valence-corrected chi connectivity index (χ3v) is 4.27. The zero-order valence-electron chi connectivity index (χ0n) is 14.9. The maximum atomic E-state index is 12.1. The number of furan rings is 1. The molecule has 2 amide bonds. The van der Waals surface area contributed by atoms with Crippen LogP contribution in [0.5, 0.6) is 11.5 Å². The number of carbonyl (C=O) groups excluding carboxylic acids is 2. The van der Waals surface area contributed by atoms with Gasteiger partial charge < -0.3 is 13.9 Å². The highest BCUT2D eigenvalue weighted by Gasteiger charge is 2.16. The van der Waals surface area contributed by atoms with Gasteiger partial charge in [0, 0.05) is 24.0 Å². The van der Waals surface area contributed by atoms with Crippen LogP contribution in [0.25, 0.3) is 11.3 Å². The minimum atomic E-state index is -0.434. The van der Waals surface area contributed by atoms with E-state index in [2.05, 4.69) is 10.9 Å². The van der Waals surface area contributed by atoms with E-state index in [0.717, 1.165) is 11.3 Å². The van der Waals surface area contributed by atoms with E-state index in [-0.39, 0.29) is 19.1 Å². The molecule has 0 atom stereocenters. The van der Waals surface area contributed by atoms with Crippen LogP contribution < -0.4 is 20.3 Å². The minimum absolute atomic E-state index is 0.135. The molecule has 0 aliphatic carbocycles. The van der Waals surface area contributed by atoms with Crippen LogP contribution in [0.1, 0.15) is 22.5 Å².